The van der Waals surface area contributed by atoms with Gasteiger partial charge in [-0.25, -0.2) is 19.9 Å². The van der Waals surface area contributed by atoms with E-state index in [2.05, 4.69) is 328 Å². The number of oxazole rings is 1. The molecule has 13 aromatic heterocycles. The van der Waals surface area contributed by atoms with Crippen LogP contribution in [0.3, 0.4) is 0 Å². The molecule has 0 fully saturated rings. The molecule has 0 radical (unpaired) electrons. The minimum Gasteiger partial charge on any atom is -0.466 e. The molecule has 0 aliphatic carbocycles. The van der Waals surface area contributed by atoms with Gasteiger partial charge in [0, 0.05) is 130 Å². The molecule has 652 valence electrons. The Labute approximate surface area is 729 Å². The van der Waals surface area contributed by atoms with Crippen LogP contribution in [0.1, 0.15) is 355 Å². The van der Waals surface area contributed by atoms with Crippen molar-refractivity contribution >= 4 is 55.5 Å². The van der Waals surface area contributed by atoms with Crippen LogP contribution < -0.4 is 0 Å². The molecule has 120 heavy (non-hydrogen) atoms. The first-order valence-corrected chi connectivity index (χ1v) is 44.4. The lowest BCUT2D eigenvalue weighted by Gasteiger charge is -2.05. The van der Waals surface area contributed by atoms with Gasteiger partial charge in [0.05, 0.1) is 61.9 Å². The summed E-state index contributed by atoms with van der Waals surface area (Å²) in [4.78, 5) is 35.2. The van der Waals surface area contributed by atoms with E-state index in [1.165, 1.54) is 90.2 Å². The average molecular weight is 1670 g/mol. The third-order valence-corrected chi connectivity index (χ3v) is 21.5. The molecule has 0 atom stereocenters. The molecule has 0 bridgehead atoms. The number of furan rings is 1. The number of fused-ring (bicyclic) bond motifs is 4. The van der Waals surface area contributed by atoms with Crippen molar-refractivity contribution in [2.24, 2.45) is 21.1 Å². The van der Waals surface area contributed by atoms with E-state index in [0.717, 1.165) is 85.9 Å². The lowest BCUT2D eigenvalue weighted by molar-refractivity contribution is 0.463. The fraction of sp³-hybridized carbons (Fsp3) is 0.500. The second-order valence-corrected chi connectivity index (χ2v) is 36.3. The number of nitrogens with zero attached hydrogens (tertiary/aromatic N) is 16. The van der Waals surface area contributed by atoms with E-state index in [1.54, 1.807) is 28.9 Å². The third kappa shape index (κ3) is 33.7. The predicted molar refractivity (Wildman–Crippen MR) is 510 cm³/mol. The van der Waals surface area contributed by atoms with Crippen LogP contribution in [-0.4, -0.2) is 79.0 Å². The van der Waals surface area contributed by atoms with Crippen molar-refractivity contribution in [1.82, 2.24) is 79.0 Å². The van der Waals surface area contributed by atoms with Gasteiger partial charge in [-0.05, 0) is 213 Å². The smallest absolute Gasteiger partial charge is 0.196 e. The van der Waals surface area contributed by atoms with E-state index in [4.69, 9.17) is 8.83 Å². The van der Waals surface area contributed by atoms with Gasteiger partial charge >= 0.3 is 0 Å². The van der Waals surface area contributed by atoms with Gasteiger partial charge < -0.3 is 8.83 Å². The minimum absolute atomic E-state index is 0. The Morgan fingerprint density at radius 1 is 0.433 bits per heavy atom. The van der Waals surface area contributed by atoms with Crippen molar-refractivity contribution in [3.8, 4) is 0 Å². The first kappa shape index (κ1) is 103. The summed E-state index contributed by atoms with van der Waals surface area (Å²) in [5.41, 5.74) is 23.3. The quantitative estimate of drug-likeness (QED) is 0.118. The minimum atomic E-state index is 0. The monoisotopic (exact) mass is 1670 g/mol. The summed E-state index contributed by atoms with van der Waals surface area (Å²) in [5, 5.41) is 27.5. The zero-order valence-electron chi connectivity index (χ0n) is 79.0. The molecule has 0 saturated carbocycles. The lowest BCUT2D eigenvalue weighted by Crippen LogP contribution is -1.96. The fourth-order valence-corrected chi connectivity index (χ4v) is 13.4. The average Bonchev–Trinajstić information content (AvgIpc) is 1.74. The molecular weight excluding hydrogens is 1520 g/mol. The Morgan fingerprint density at radius 2 is 1.02 bits per heavy atom. The summed E-state index contributed by atoms with van der Waals surface area (Å²) in [6.07, 6.45) is 9.97. The number of rotatable bonds is 11. The first-order chi connectivity index (χ1) is 55.9. The maximum atomic E-state index is 5.34. The maximum absolute atomic E-state index is 5.34. The standard InChI is InChI=1S/C13H15N.C12H14N2.C11H15N3.C9H14N2.C9H16N2.C9H13N.C8H12O.C7H12N2.C7H11NO.2C7H11NS.CH4/c1-9(2)12-7-5-11-8-10(3)4-6-13(11)14-12;1-8(2)11-5-4-10-6-9(3)13-7-12(10)14-11;1-7(2)10-6-5-9-8(3)13-14(4)11(9)12-10;1-7(2)9-6-8-4-3-5-11(8)10-9;1-6(2)9-7(3)8(4)11(5)10-9;1-7(2)9-6-4-5-8(3)10-9;1-6(2)8-5-4-7(3)9-8;1-6(2)7-4-8-9(3)5-7;1-5(2)7-8-6(3)4-9-7;1-5(2)7-4-9-6(3)8-7;1-5(2)7-8-6(3)4-9-7;/h4-9H,1-3H3;4-8H,1-3H3;5-7H,1-4H3;6-7H,3-5H2,1-2H3;6H,1-5H3;4-7H,1-3H3;2*4-6H,1-3H3;3*4-5H,1-3H3;1H4. The van der Waals surface area contributed by atoms with Crippen molar-refractivity contribution in [2.45, 2.75) is 313 Å². The van der Waals surface area contributed by atoms with Gasteiger partial charge in [-0.3, -0.25) is 38.7 Å². The third-order valence-electron chi connectivity index (χ3n) is 19.5. The van der Waals surface area contributed by atoms with Gasteiger partial charge in [-0.15, -0.1) is 22.7 Å². The van der Waals surface area contributed by atoms with Crippen LogP contribution in [0.2, 0.25) is 0 Å². The summed E-state index contributed by atoms with van der Waals surface area (Å²) in [7, 11) is 5.87. The van der Waals surface area contributed by atoms with Crippen molar-refractivity contribution < 1.29 is 8.83 Å². The van der Waals surface area contributed by atoms with E-state index >= 15 is 0 Å². The van der Waals surface area contributed by atoms with Gasteiger partial charge in [0.1, 0.15) is 17.8 Å². The Hall–Kier alpha value is -9.66. The van der Waals surface area contributed by atoms with Crippen LogP contribution in [0.25, 0.3) is 32.8 Å². The number of thiazole rings is 2. The summed E-state index contributed by atoms with van der Waals surface area (Å²) in [6.45, 7) is 68.8. The van der Waals surface area contributed by atoms with Crippen LogP contribution in [0.15, 0.2) is 142 Å². The number of benzene rings is 1. The summed E-state index contributed by atoms with van der Waals surface area (Å²) in [6, 6.07) is 33.5. The number of pyridine rings is 5. The van der Waals surface area contributed by atoms with Crippen LogP contribution in [0.5, 0.6) is 0 Å². The Balaban J connectivity index is 0.000000278. The van der Waals surface area contributed by atoms with Crippen LogP contribution in [0, 0.1) is 69.2 Å². The normalized spacial score (nSPS) is 11.3. The molecule has 15 rings (SSSR count). The van der Waals surface area contributed by atoms with Gasteiger partial charge in [0.2, 0.25) is 0 Å². The first-order valence-electron chi connectivity index (χ1n) is 42.6. The molecule has 0 spiro atoms. The lowest BCUT2D eigenvalue weighted by atomic mass is 10.1. The van der Waals surface area contributed by atoms with E-state index in [9.17, 15) is 0 Å². The largest absolute Gasteiger partial charge is 0.466 e. The Bertz CT molecular complexity index is 4930. The molecule has 18 nitrogen and oxygen atoms in total. The zero-order valence-corrected chi connectivity index (χ0v) is 80.6. The molecule has 14 heterocycles. The second-order valence-electron chi connectivity index (χ2n) is 34.4. The molecule has 1 aliphatic heterocycles. The van der Waals surface area contributed by atoms with E-state index in [0.29, 0.717) is 65.1 Å². The van der Waals surface area contributed by atoms with Crippen molar-refractivity contribution in [3.63, 3.8) is 0 Å². The van der Waals surface area contributed by atoms with Crippen molar-refractivity contribution in [1.29, 1.82) is 0 Å². The number of hydrogen-bond acceptors (Lipinski definition) is 16. The zero-order chi connectivity index (χ0) is 88.8. The SMILES string of the molecule is C.CC(C)c1cc2n(n1)CCC2.CC(C)c1cnn(C)c1.Cc1c(C(C)C)nn(C)c1C.Cc1cc2ccc(C(C)C)nc2cn1.Cc1ccc(C(C)C)o1.Cc1ccc2nc(C(C)C)ccc2c1.Cc1cccc(C(C)C)n1.Cc1coc(C(C)C)n1.Cc1csc(C(C)C)n1.Cc1nc(C(C)C)cs1.Cc1nn(C)c2nc(C(C)C)ccc12. The second kappa shape index (κ2) is 49.9. The number of hydrogen-bond donors (Lipinski definition) is 0. The molecule has 0 N–H and O–H groups in total. The summed E-state index contributed by atoms with van der Waals surface area (Å²) in [5.74, 6) is 8.67. The molecule has 1 aromatic carbocycles. The highest BCUT2D eigenvalue weighted by Gasteiger charge is 2.16. The highest BCUT2D eigenvalue weighted by Crippen LogP contribution is 2.26. The van der Waals surface area contributed by atoms with Gasteiger partial charge in [0.15, 0.2) is 11.5 Å². The van der Waals surface area contributed by atoms with Gasteiger partial charge in [-0.2, -0.15) is 20.4 Å². The summed E-state index contributed by atoms with van der Waals surface area (Å²) >= 11 is 3.47. The van der Waals surface area contributed by atoms with Crippen LogP contribution in [0.4, 0.5) is 0 Å². The van der Waals surface area contributed by atoms with Gasteiger partial charge in [-0.1, -0.05) is 190 Å². The molecular formula is C100H148N16O2S2. The Morgan fingerprint density at radius 3 is 1.43 bits per heavy atom. The molecule has 20 heteroatoms. The maximum Gasteiger partial charge on any atom is 0.196 e. The van der Waals surface area contributed by atoms with Crippen LogP contribution >= 0.6 is 22.7 Å². The molecule has 0 amide bonds. The number of aromatic nitrogens is 16. The summed E-state index contributed by atoms with van der Waals surface area (Å²) < 4.78 is 18.2. The number of aryl methyl sites for hydroxylation is 13. The Kier molecular flexibility index (Phi) is 42.7. The molecule has 0 saturated heterocycles. The molecule has 1 aliphatic rings. The van der Waals surface area contributed by atoms with Crippen LogP contribution in [-0.2, 0) is 34.1 Å². The van der Waals surface area contributed by atoms with Crippen molar-refractivity contribution in [3.05, 3.63) is 257 Å². The topological polar surface area (TPSA) is 201 Å². The van der Waals surface area contributed by atoms with E-state index < -0.39 is 0 Å². The predicted octanol–water partition coefficient (Wildman–Crippen LogP) is 27.9. The van der Waals surface area contributed by atoms with E-state index in [1.807, 2.05) is 120 Å². The highest BCUT2D eigenvalue weighted by atomic mass is 32.1. The molecule has 14 aromatic rings. The van der Waals surface area contributed by atoms with E-state index in [-0.39, 0.29) is 7.43 Å². The fourth-order valence-electron chi connectivity index (χ4n) is 11.9. The van der Waals surface area contributed by atoms with Crippen molar-refractivity contribution in [2.75, 3.05) is 0 Å². The highest BCUT2D eigenvalue weighted by molar-refractivity contribution is 7.10. The van der Waals surface area contributed by atoms with Gasteiger partial charge in [0.25, 0.3) is 0 Å². The molecule has 0 unspecified atom stereocenters.